The van der Waals surface area contributed by atoms with E-state index in [1.54, 1.807) is 0 Å². The van der Waals surface area contributed by atoms with Gasteiger partial charge in [0.25, 0.3) is 0 Å². The van der Waals surface area contributed by atoms with Crippen molar-refractivity contribution in [3.05, 3.63) is 40.9 Å². The van der Waals surface area contributed by atoms with Crippen molar-refractivity contribution in [2.45, 2.75) is 0 Å². The van der Waals surface area contributed by atoms with E-state index in [9.17, 15) is 4.79 Å². The van der Waals surface area contributed by atoms with Crippen molar-refractivity contribution in [3.63, 3.8) is 0 Å². The first kappa shape index (κ1) is 8.32. The monoisotopic (exact) mass is 194 g/mol. The van der Waals surface area contributed by atoms with Gasteiger partial charge in [-0.25, -0.2) is 4.79 Å². The highest BCUT2D eigenvalue weighted by molar-refractivity contribution is 6.45. The first-order valence-corrected chi connectivity index (χ1v) is 4.28. The SMILES string of the molecule is O=C1OCC(c2ccccc2)=C1Cl. The van der Waals surface area contributed by atoms with Crippen LogP contribution in [0, 0.1) is 0 Å². The lowest BCUT2D eigenvalue weighted by molar-refractivity contribution is -0.135. The molecule has 1 aliphatic heterocycles. The maximum Gasteiger partial charge on any atom is 0.350 e. The predicted octanol–water partition coefficient (Wildman–Crippen LogP) is 2.19. The van der Waals surface area contributed by atoms with Gasteiger partial charge in [-0.05, 0) is 5.56 Å². The molecule has 0 atom stereocenters. The summed E-state index contributed by atoms with van der Waals surface area (Å²) in [6, 6.07) is 9.51. The van der Waals surface area contributed by atoms with Gasteiger partial charge in [0, 0.05) is 5.57 Å². The quantitative estimate of drug-likeness (QED) is 0.641. The molecule has 0 radical (unpaired) electrons. The summed E-state index contributed by atoms with van der Waals surface area (Å²) in [4.78, 5) is 10.9. The first-order chi connectivity index (χ1) is 6.29. The Hall–Kier alpha value is -1.28. The minimum Gasteiger partial charge on any atom is -0.456 e. The second kappa shape index (κ2) is 3.23. The second-order valence-corrected chi connectivity index (χ2v) is 3.11. The van der Waals surface area contributed by atoms with E-state index in [-0.39, 0.29) is 11.6 Å². The maximum absolute atomic E-state index is 10.9. The van der Waals surface area contributed by atoms with Crippen LogP contribution in [0.2, 0.25) is 0 Å². The van der Waals surface area contributed by atoms with E-state index in [1.165, 1.54) is 0 Å². The lowest BCUT2D eigenvalue weighted by atomic mass is 10.1. The third-order valence-corrected chi connectivity index (χ3v) is 2.30. The topological polar surface area (TPSA) is 26.3 Å². The van der Waals surface area contributed by atoms with E-state index in [0.29, 0.717) is 0 Å². The fourth-order valence-electron chi connectivity index (χ4n) is 1.24. The number of rotatable bonds is 1. The van der Waals surface area contributed by atoms with Crippen molar-refractivity contribution in [1.29, 1.82) is 0 Å². The van der Waals surface area contributed by atoms with Crippen LogP contribution in [0.3, 0.4) is 0 Å². The Balaban J connectivity index is 2.43. The normalized spacial score (nSPS) is 16.2. The molecule has 1 aromatic carbocycles. The molecule has 66 valence electrons. The Labute approximate surface area is 80.8 Å². The standard InChI is InChI=1S/C10H7ClO2/c11-9-8(6-13-10(9)12)7-4-2-1-3-5-7/h1-5H,6H2. The van der Waals surface area contributed by atoms with Crippen LogP contribution < -0.4 is 0 Å². The molecular formula is C10H7ClO2. The van der Waals surface area contributed by atoms with Crippen LogP contribution in [0.1, 0.15) is 5.56 Å². The number of halogens is 1. The van der Waals surface area contributed by atoms with E-state index in [0.717, 1.165) is 11.1 Å². The smallest absolute Gasteiger partial charge is 0.350 e. The van der Waals surface area contributed by atoms with Crippen LogP contribution >= 0.6 is 11.6 Å². The van der Waals surface area contributed by atoms with Gasteiger partial charge in [-0.2, -0.15) is 0 Å². The molecule has 1 heterocycles. The molecule has 0 aromatic heterocycles. The molecule has 0 spiro atoms. The largest absolute Gasteiger partial charge is 0.456 e. The van der Waals surface area contributed by atoms with Crippen LogP contribution in [0.4, 0.5) is 0 Å². The molecule has 1 aliphatic rings. The van der Waals surface area contributed by atoms with E-state index in [1.807, 2.05) is 30.3 Å². The van der Waals surface area contributed by atoms with Gasteiger partial charge in [-0.3, -0.25) is 0 Å². The zero-order chi connectivity index (χ0) is 9.26. The maximum atomic E-state index is 10.9. The number of esters is 1. The van der Waals surface area contributed by atoms with Gasteiger partial charge in [0.1, 0.15) is 11.6 Å². The third kappa shape index (κ3) is 1.45. The molecule has 3 heteroatoms. The molecule has 0 saturated carbocycles. The van der Waals surface area contributed by atoms with Gasteiger partial charge >= 0.3 is 5.97 Å². The van der Waals surface area contributed by atoms with Gasteiger partial charge in [0.15, 0.2) is 0 Å². The Kier molecular flexibility index (Phi) is 2.07. The zero-order valence-electron chi connectivity index (χ0n) is 6.79. The number of carbonyl (C=O) groups excluding carboxylic acids is 1. The van der Waals surface area contributed by atoms with Gasteiger partial charge in [0.05, 0.1) is 0 Å². The highest BCUT2D eigenvalue weighted by Crippen LogP contribution is 2.27. The Bertz CT molecular complexity index is 368. The molecule has 0 unspecified atom stereocenters. The summed E-state index contributed by atoms with van der Waals surface area (Å²) in [5.41, 5.74) is 1.71. The summed E-state index contributed by atoms with van der Waals surface area (Å²) in [6.45, 7) is 0.279. The molecule has 1 aromatic rings. The molecule has 0 bridgehead atoms. The van der Waals surface area contributed by atoms with Gasteiger partial charge in [-0.1, -0.05) is 41.9 Å². The Morgan fingerprint density at radius 3 is 2.46 bits per heavy atom. The van der Waals surface area contributed by atoms with Gasteiger partial charge in [0.2, 0.25) is 0 Å². The van der Waals surface area contributed by atoms with Crippen molar-refractivity contribution in [2.24, 2.45) is 0 Å². The van der Waals surface area contributed by atoms with Crippen molar-refractivity contribution < 1.29 is 9.53 Å². The van der Waals surface area contributed by atoms with Crippen LogP contribution in [0.25, 0.3) is 5.57 Å². The van der Waals surface area contributed by atoms with E-state index in [4.69, 9.17) is 16.3 Å². The highest BCUT2D eigenvalue weighted by atomic mass is 35.5. The van der Waals surface area contributed by atoms with Crippen molar-refractivity contribution in [3.8, 4) is 0 Å². The van der Waals surface area contributed by atoms with Gasteiger partial charge in [-0.15, -0.1) is 0 Å². The van der Waals surface area contributed by atoms with E-state index >= 15 is 0 Å². The van der Waals surface area contributed by atoms with E-state index < -0.39 is 5.97 Å². The minimum absolute atomic E-state index is 0.200. The fraction of sp³-hybridized carbons (Fsp3) is 0.100. The molecule has 0 amide bonds. The molecule has 0 aliphatic carbocycles. The van der Waals surface area contributed by atoms with E-state index in [2.05, 4.69) is 0 Å². The average molecular weight is 195 g/mol. The van der Waals surface area contributed by atoms with Crippen LogP contribution in [-0.4, -0.2) is 12.6 Å². The number of benzene rings is 1. The number of hydrogen-bond acceptors (Lipinski definition) is 2. The van der Waals surface area contributed by atoms with Crippen molar-refractivity contribution in [1.82, 2.24) is 0 Å². The summed E-state index contributed by atoms with van der Waals surface area (Å²) in [6.07, 6.45) is 0. The predicted molar refractivity (Wildman–Crippen MR) is 50.2 cm³/mol. The number of cyclic esters (lactones) is 1. The molecule has 0 N–H and O–H groups in total. The highest BCUT2D eigenvalue weighted by Gasteiger charge is 2.23. The third-order valence-electron chi connectivity index (χ3n) is 1.91. The van der Waals surface area contributed by atoms with Crippen molar-refractivity contribution >= 4 is 23.1 Å². The first-order valence-electron chi connectivity index (χ1n) is 3.90. The number of hydrogen-bond donors (Lipinski definition) is 0. The summed E-state index contributed by atoms with van der Waals surface area (Å²) in [7, 11) is 0. The summed E-state index contributed by atoms with van der Waals surface area (Å²) >= 11 is 5.77. The molecule has 13 heavy (non-hydrogen) atoms. The minimum atomic E-state index is -0.430. The molecule has 0 fully saturated rings. The summed E-state index contributed by atoms with van der Waals surface area (Å²) in [5, 5.41) is 0.200. The second-order valence-electron chi connectivity index (χ2n) is 2.73. The average Bonchev–Trinajstić information content (AvgIpc) is 2.49. The fourth-order valence-corrected chi connectivity index (χ4v) is 1.46. The molecular weight excluding hydrogens is 188 g/mol. The van der Waals surface area contributed by atoms with Crippen LogP contribution in [-0.2, 0) is 9.53 Å². The number of ether oxygens (including phenoxy) is 1. The molecule has 0 saturated heterocycles. The lowest BCUT2D eigenvalue weighted by Crippen LogP contribution is -1.93. The Morgan fingerprint density at radius 2 is 1.92 bits per heavy atom. The molecule has 2 nitrogen and oxygen atoms in total. The van der Waals surface area contributed by atoms with Crippen LogP contribution in [0.5, 0.6) is 0 Å². The van der Waals surface area contributed by atoms with Crippen molar-refractivity contribution in [2.75, 3.05) is 6.61 Å². The summed E-state index contributed by atoms with van der Waals surface area (Å²) in [5.74, 6) is -0.430. The summed E-state index contributed by atoms with van der Waals surface area (Å²) < 4.78 is 4.79. The van der Waals surface area contributed by atoms with Gasteiger partial charge < -0.3 is 4.74 Å². The van der Waals surface area contributed by atoms with Crippen LogP contribution in [0.15, 0.2) is 35.4 Å². The number of carbonyl (C=O) groups is 1. The zero-order valence-corrected chi connectivity index (χ0v) is 7.54. The Morgan fingerprint density at radius 1 is 1.23 bits per heavy atom. The molecule has 2 rings (SSSR count). The lowest BCUT2D eigenvalue weighted by Gasteiger charge is -1.98.